The van der Waals surface area contributed by atoms with E-state index in [0.29, 0.717) is 17.2 Å². The molecule has 0 aromatic heterocycles. The first-order valence-corrected chi connectivity index (χ1v) is 8.92. The van der Waals surface area contributed by atoms with Crippen LogP contribution in [0.25, 0.3) is 0 Å². The number of hydrazone groups is 1. The van der Waals surface area contributed by atoms with E-state index in [0.717, 1.165) is 5.56 Å². The summed E-state index contributed by atoms with van der Waals surface area (Å²) in [6.45, 7) is 3.25. The number of anilines is 1. The monoisotopic (exact) mass is 414 g/mol. The van der Waals surface area contributed by atoms with Crippen LogP contribution in [0.4, 0.5) is 11.4 Å². The van der Waals surface area contributed by atoms with Gasteiger partial charge in [-0.3, -0.25) is 19.7 Å². The SMILES string of the molecule is COc1ccc(NC(=O)CC(C)=NNC(=O)COc2ccc(C)cc2)c([N+](=O)[O-])c1. The van der Waals surface area contributed by atoms with Gasteiger partial charge in [-0.25, -0.2) is 5.43 Å². The van der Waals surface area contributed by atoms with Gasteiger partial charge in [-0.15, -0.1) is 0 Å². The second kappa shape index (κ2) is 10.6. The second-order valence-electron chi connectivity index (χ2n) is 6.35. The molecule has 0 bridgehead atoms. The summed E-state index contributed by atoms with van der Waals surface area (Å²) in [6.07, 6.45) is -0.164. The van der Waals surface area contributed by atoms with E-state index in [9.17, 15) is 19.7 Å². The molecule has 2 rings (SSSR count). The first-order valence-electron chi connectivity index (χ1n) is 8.92. The van der Waals surface area contributed by atoms with Gasteiger partial charge in [-0.2, -0.15) is 5.10 Å². The minimum absolute atomic E-state index is 0.0362. The molecule has 2 aromatic rings. The number of nitrogens with zero attached hydrogens (tertiary/aromatic N) is 2. The van der Waals surface area contributed by atoms with Gasteiger partial charge in [0.15, 0.2) is 6.61 Å². The van der Waals surface area contributed by atoms with Crippen LogP contribution in [0, 0.1) is 17.0 Å². The zero-order valence-electron chi connectivity index (χ0n) is 16.8. The van der Waals surface area contributed by atoms with Gasteiger partial charge in [0.25, 0.3) is 11.6 Å². The van der Waals surface area contributed by atoms with Crippen LogP contribution in [0.2, 0.25) is 0 Å². The van der Waals surface area contributed by atoms with Gasteiger partial charge in [-0.05, 0) is 38.1 Å². The van der Waals surface area contributed by atoms with Gasteiger partial charge in [0.1, 0.15) is 17.2 Å². The molecule has 2 N–H and O–H groups in total. The molecule has 0 saturated carbocycles. The summed E-state index contributed by atoms with van der Waals surface area (Å²) in [5.41, 5.74) is 3.43. The van der Waals surface area contributed by atoms with Gasteiger partial charge in [0, 0.05) is 5.71 Å². The van der Waals surface area contributed by atoms with Crippen molar-refractivity contribution in [2.45, 2.75) is 20.3 Å². The summed E-state index contributed by atoms with van der Waals surface area (Å²) >= 11 is 0. The summed E-state index contributed by atoms with van der Waals surface area (Å²) < 4.78 is 10.3. The molecule has 0 radical (unpaired) electrons. The fourth-order valence-electron chi connectivity index (χ4n) is 2.33. The lowest BCUT2D eigenvalue weighted by atomic mass is 10.2. The maximum absolute atomic E-state index is 12.2. The standard InChI is InChI=1S/C20H22N4O6/c1-13-4-6-15(7-5-13)30-12-20(26)23-22-14(2)10-19(25)21-17-9-8-16(29-3)11-18(17)24(27)28/h4-9,11H,10,12H2,1-3H3,(H,21,25)(H,23,26). The minimum atomic E-state index is -0.618. The van der Waals surface area contributed by atoms with E-state index >= 15 is 0 Å². The van der Waals surface area contributed by atoms with Crippen LogP contribution in [0.1, 0.15) is 18.9 Å². The van der Waals surface area contributed by atoms with Gasteiger partial charge < -0.3 is 14.8 Å². The lowest BCUT2D eigenvalue weighted by Gasteiger charge is -2.08. The van der Waals surface area contributed by atoms with E-state index in [2.05, 4.69) is 15.8 Å². The predicted octanol–water partition coefficient (Wildman–Crippen LogP) is 2.81. The number of nitrogens with one attached hydrogen (secondary N) is 2. The van der Waals surface area contributed by atoms with Gasteiger partial charge in [-0.1, -0.05) is 17.7 Å². The molecule has 0 aliphatic heterocycles. The third-order valence-electron chi connectivity index (χ3n) is 3.85. The van der Waals surface area contributed by atoms with Crippen LogP contribution in [0.3, 0.4) is 0 Å². The van der Waals surface area contributed by atoms with Crippen molar-refractivity contribution in [1.29, 1.82) is 0 Å². The van der Waals surface area contributed by atoms with Crippen LogP contribution >= 0.6 is 0 Å². The van der Waals surface area contributed by atoms with Crippen molar-refractivity contribution in [2.75, 3.05) is 19.0 Å². The van der Waals surface area contributed by atoms with Crippen LogP contribution in [0.15, 0.2) is 47.6 Å². The molecule has 0 spiro atoms. The topological polar surface area (TPSA) is 132 Å². The molecule has 0 aliphatic carbocycles. The summed E-state index contributed by atoms with van der Waals surface area (Å²) in [6, 6.07) is 11.3. The number of carbonyl (C=O) groups is 2. The Morgan fingerprint density at radius 3 is 2.40 bits per heavy atom. The summed E-state index contributed by atoms with van der Waals surface area (Å²) in [5.74, 6) is -0.152. The van der Waals surface area contributed by atoms with Crippen molar-refractivity contribution >= 4 is 28.9 Å². The molecule has 0 heterocycles. The molecular formula is C20H22N4O6. The zero-order chi connectivity index (χ0) is 22.1. The number of ether oxygens (including phenoxy) is 2. The Morgan fingerprint density at radius 2 is 1.77 bits per heavy atom. The first-order chi connectivity index (χ1) is 14.3. The Bertz CT molecular complexity index is 956. The Hall–Kier alpha value is -3.95. The number of rotatable bonds is 9. The van der Waals surface area contributed by atoms with Gasteiger partial charge >= 0.3 is 0 Å². The van der Waals surface area contributed by atoms with Gasteiger partial charge in [0.2, 0.25) is 5.91 Å². The molecule has 158 valence electrons. The molecule has 0 unspecified atom stereocenters. The smallest absolute Gasteiger partial charge is 0.296 e. The highest BCUT2D eigenvalue weighted by Crippen LogP contribution is 2.29. The molecule has 10 heteroatoms. The number of aryl methyl sites for hydroxylation is 1. The maximum Gasteiger partial charge on any atom is 0.296 e. The number of nitro groups is 1. The van der Waals surface area contributed by atoms with Gasteiger partial charge in [0.05, 0.1) is 24.5 Å². The first kappa shape index (κ1) is 22.3. The third-order valence-corrected chi connectivity index (χ3v) is 3.85. The van der Waals surface area contributed by atoms with Crippen molar-refractivity contribution in [3.63, 3.8) is 0 Å². The minimum Gasteiger partial charge on any atom is -0.496 e. The molecular weight excluding hydrogens is 392 g/mol. The average molecular weight is 414 g/mol. The molecule has 0 aliphatic rings. The lowest BCUT2D eigenvalue weighted by molar-refractivity contribution is -0.384. The predicted molar refractivity (Wildman–Crippen MR) is 111 cm³/mol. The van der Waals surface area contributed by atoms with Crippen molar-refractivity contribution < 1.29 is 24.0 Å². The number of methoxy groups -OCH3 is 1. The molecule has 0 atom stereocenters. The number of hydrogen-bond acceptors (Lipinski definition) is 7. The number of nitro benzene ring substituents is 1. The summed E-state index contributed by atoms with van der Waals surface area (Å²) in [7, 11) is 1.39. The number of amides is 2. The Kier molecular flexibility index (Phi) is 7.86. The number of hydrogen-bond donors (Lipinski definition) is 2. The molecule has 30 heavy (non-hydrogen) atoms. The maximum atomic E-state index is 12.2. The van der Waals surface area contributed by atoms with Crippen molar-refractivity contribution in [2.24, 2.45) is 5.10 Å². The molecule has 0 saturated heterocycles. The lowest BCUT2D eigenvalue weighted by Crippen LogP contribution is -2.26. The van der Waals surface area contributed by atoms with E-state index in [4.69, 9.17) is 9.47 Å². The van der Waals surface area contributed by atoms with E-state index in [-0.39, 0.29) is 24.4 Å². The van der Waals surface area contributed by atoms with Crippen molar-refractivity contribution in [3.8, 4) is 11.5 Å². The molecule has 2 aromatic carbocycles. The van der Waals surface area contributed by atoms with E-state index in [1.807, 2.05) is 19.1 Å². The Morgan fingerprint density at radius 1 is 1.10 bits per heavy atom. The number of carbonyl (C=O) groups excluding carboxylic acids is 2. The van der Waals surface area contributed by atoms with E-state index < -0.39 is 16.7 Å². The van der Waals surface area contributed by atoms with Crippen molar-refractivity contribution in [3.05, 3.63) is 58.1 Å². The van der Waals surface area contributed by atoms with Crippen LogP contribution < -0.4 is 20.2 Å². The fraction of sp³-hybridized carbons (Fsp3) is 0.250. The van der Waals surface area contributed by atoms with E-state index in [1.54, 1.807) is 19.1 Å². The third kappa shape index (κ3) is 6.89. The van der Waals surface area contributed by atoms with E-state index in [1.165, 1.54) is 25.3 Å². The highest BCUT2D eigenvalue weighted by Gasteiger charge is 2.17. The quantitative estimate of drug-likeness (QED) is 0.368. The fourth-order valence-corrected chi connectivity index (χ4v) is 2.33. The second-order valence-corrected chi connectivity index (χ2v) is 6.35. The van der Waals surface area contributed by atoms with Crippen LogP contribution in [-0.4, -0.2) is 36.2 Å². The number of benzene rings is 2. The zero-order valence-corrected chi connectivity index (χ0v) is 16.8. The van der Waals surface area contributed by atoms with Crippen LogP contribution in [-0.2, 0) is 9.59 Å². The normalized spacial score (nSPS) is 10.8. The summed E-state index contributed by atoms with van der Waals surface area (Å²) in [4.78, 5) is 34.5. The Balaban J connectivity index is 1.86. The molecule has 10 nitrogen and oxygen atoms in total. The highest BCUT2D eigenvalue weighted by molar-refractivity contribution is 6.06. The summed E-state index contributed by atoms with van der Waals surface area (Å²) in [5, 5.41) is 17.5. The molecule has 0 fully saturated rings. The average Bonchev–Trinajstić information content (AvgIpc) is 2.71. The Labute approximate surface area is 173 Å². The van der Waals surface area contributed by atoms with Crippen LogP contribution in [0.5, 0.6) is 11.5 Å². The highest BCUT2D eigenvalue weighted by atomic mass is 16.6. The molecule has 2 amide bonds. The largest absolute Gasteiger partial charge is 0.496 e. The van der Waals surface area contributed by atoms with Crippen molar-refractivity contribution in [1.82, 2.24) is 5.43 Å².